The molecule has 23 heavy (non-hydrogen) atoms. The van der Waals surface area contributed by atoms with Gasteiger partial charge in [-0.15, -0.1) is 12.4 Å². The number of carbonyl (C=O) groups excluding carboxylic acids is 1. The first-order chi connectivity index (χ1) is 10.7. The number of nitrogens with two attached hydrogens (primary N) is 1. The van der Waals surface area contributed by atoms with E-state index in [1.807, 2.05) is 36.5 Å². The molecule has 2 heterocycles. The van der Waals surface area contributed by atoms with Crippen molar-refractivity contribution in [3.8, 4) is 5.69 Å². The highest BCUT2D eigenvalue weighted by molar-refractivity contribution is 5.94. The van der Waals surface area contributed by atoms with Crippen LogP contribution in [0.1, 0.15) is 12.8 Å². The first-order valence-corrected chi connectivity index (χ1v) is 7.44. The standard InChI is InChI=1S/C16H20N4O2.ClH/c17-12-16(7-10-22-11-8-16)15(21)18-14-6-9-20(19-14)13-4-2-1-3-5-13;/h1-6,9H,7-8,10-12,17H2,(H,18,19,21);1H. The molecule has 1 fully saturated rings. The fourth-order valence-corrected chi connectivity index (χ4v) is 2.65. The lowest BCUT2D eigenvalue weighted by Gasteiger charge is -2.34. The fourth-order valence-electron chi connectivity index (χ4n) is 2.65. The maximum Gasteiger partial charge on any atom is 0.233 e. The number of hydrogen-bond acceptors (Lipinski definition) is 4. The molecule has 0 spiro atoms. The molecule has 1 aromatic heterocycles. The Hall–Kier alpha value is -1.89. The van der Waals surface area contributed by atoms with Gasteiger partial charge >= 0.3 is 0 Å². The van der Waals surface area contributed by atoms with Gasteiger partial charge < -0.3 is 15.8 Å². The van der Waals surface area contributed by atoms with E-state index < -0.39 is 5.41 Å². The van der Waals surface area contributed by atoms with E-state index in [0.717, 1.165) is 5.69 Å². The summed E-state index contributed by atoms with van der Waals surface area (Å²) in [5.41, 5.74) is 6.25. The molecule has 1 saturated heterocycles. The third-order valence-corrected chi connectivity index (χ3v) is 4.17. The zero-order valence-corrected chi connectivity index (χ0v) is 13.6. The number of amides is 1. The van der Waals surface area contributed by atoms with Crippen molar-refractivity contribution in [1.29, 1.82) is 0 Å². The van der Waals surface area contributed by atoms with Crippen molar-refractivity contribution in [3.63, 3.8) is 0 Å². The Morgan fingerprint density at radius 3 is 2.61 bits per heavy atom. The molecule has 0 aliphatic carbocycles. The molecule has 0 radical (unpaired) electrons. The summed E-state index contributed by atoms with van der Waals surface area (Å²) in [5.74, 6) is 0.463. The van der Waals surface area contributed by atoms with Crippen LogP contribution >= 0.6 is 12.4 Å². The molecule has 1 amide bonds. The second-order valence-electron chi connectivity index (χ2n) is 5.53. The molecule has 1 aliphatic rings. The Morgan fingerprint density at radius 2 is 1.96 bits per heavy atom. The maximum atomic E-state index is 12.6. The summed E-state index contributed by atoms with van der Waals surface area (Å²) < 4.78 is 7.06. The predicted octanol–water partition coefficient (Wildman–Crippen LogP) is 1.99. The number of halogens is 1. The van der Waals surface area contributed by atoms with Crippen molar-refractivity contribution in [2.75, 3.05) is 25.1 Å². The number of carbonyl (C=O) groups is 1. The van der Waals surface area contributed by atoms with Gasteiger partial charge in [0.25, 0.3) is 0 Å². The first-order valence-electron chi connectivity index (χ1n) is 7.44. The summed E-state index contributed by atoms with van der Waals surface area (Å²) in [5, 5.41) is 7.28. The van der Waals surface area contributed by atoms with Gasteiger partial charge in [-0.3, -0.25) is 4.79 Å². The normalized spacial score (nSPS) is 16.4. The van der Waals surface area contributed by atoms with Crippen LogP contribution in [-0.2, 0) is 9.53 Å². The van der Waals surface area contributed by atoms with E-state index in [9.17, 15) is 4.79 Å². The molecule has 124 valence electrons. The maximum absolute atomic E-state index is 12.6. The Morgan fingerprint density at radius 1 is 1.26 bits per heavy atom. The van der Waals surface area contributed by atoms with E-state index in [4.69, 9.17) is 10.5 Å². The average Bonchev–Trinajstić information content (AvgIpc) is 3.05. The van der Waals surface area contributed by atoms with Gasteiger partial charge in [-0.1, -0.05) is 18.2 Å². The van der Waals surface area contributed by atoms with Crippen LogP contribution in [0.5, 0.6) is 0 Å². The van der Waals surface area contributed by atoms with Crippen molar-refractivity contribution in [2.24, 2.45) is 11.1 Å². The molecule has 3 rings (SSSR count). The molecular formula is C16H21ClN4O2. The predicted molar refractivity (Wildman–Crippen MR) is 91.0 cm³/mol. The van der Waals surface area contributed by atoms with E-state index >= 15 is 0 Å². The Balaban J connectivity index is 0.00000192. The number of hydrogen-bond donors (Lipinski definition) is 2. The van der Waals surface area contributed by atoms with Gasteiger partial charge in [-0.25, -0.2) is 4.68 Å². The van der Waals surface area contributed by atoms with Crippen LogP contribution in [-0.4, -0.2) is 35.4 Å². The summed E-state index contributed by atoms with van der Waals surface area (Å²) in [6.07, 6.45) is 3.12. The minimum Gasteiger partial charge on any atom is -0.381 e. The van der Waals surface area contributed by atoms with Crippen LogP contribution in [0, 0.1) is 5.41 Å². The molecule has 7 heteroatoms. The second kappa shape index (κ2) is 7.59. The van der Waals surface area contributed by atoms with Gasteiger partial charge in [0.2, 0.25) is 5.91 Å². The lowest BCUT2D eigenvalue weighted by Crippen LogP contribution is -2.46. The highest BCUT2D eigenvalue weighted by atomic mass is 35.5. The topological polar surface area (TPSA) is 82.2 Å². The highest BCUT2D eigenvalue weighted by Gasteiger charge is 2.39. The monoisotopic (exact) mass is 336 g/mol. The van der Waals surface area contributed by atoms with Crippen LogP contribution in [0.25, 0.3) is 5.69 Å². The van der Waals surface area contributed by atoms with Gasteiger partial charge in [-0.2, -0.15) is 5.10 Å². The number of aromatic nitrogens is 2. The summed E-state index contributed by atoms with van der Waals surface area (Å²) in [7, 11) is 0. The SMILES string of the molecule is Cl.NCC1(C(=O)Nc2ccn(-c3ccccc3)n2)CCOCC1. The molecule has 1 aliphatic heterocycles. The van der Waals surface area contributed by atoms with Crippen LogP contribution < -0.4 is 11.1 Å². The van der Waals surface area contributed by atoms with Crippen molar-refractivity contribution in [3.05, 3.63) is 42.6 Å². The van der Waals surface area contributed by atoms with Gasteiger partial charge in [0.1, 0.15) is 0 Å². The Labute approximate surface area is 141 Å². The summed E-state index contributed by atoms with van der Waals surface area (Å²) in [6, 6.07) is 11.5. The van der Waals surface area contributed by atoms with Crippen molar-refractivity contribution < 1.29 is 9.53 Å². The molecule has 0 saturated carbocycles. The van der Waals surface area contributed by atoms with E-state index in [2.05, 4.69) is 10.4 Å². The summed E-state index contributed by atoms with van der Waals surface area (Å²) in [6.45, 7) is 1.47. The minimum absolute atomic E-state index is 0. The largest absolute Gasteiger partial charge is 0.381 e. The van der Waals surface area contributed by atoms with Gasteiger partial charge in [0, 0.05) is 32.0 Å². The van der Waals surface area contributed by atoms with Crippen LogP contribution in [0.15, 0.2) is 42.6 Å². The lowest BCUT2D eigenvalue weighted by molar-refractivity contribution is -0.130. The molecular weight excluding hydrogens is 316 g/mol. The smallest absolute Gasteiger partial charge is 0.233 e. The van der Waals surface area contributed by atoms with Crippen LogP contribution in [0.3, 0.4) is 0 Å². The zero-order valence-electron chi connectivity index (χ0n) is 12.8. The quantitative estimate of drug-likeness (QED) is 0.894. The second-order valence-corrected chi connectivity index (χ2v) is 5.53. The Kier molecular flexibility index (Phi) is 5.76. The number of rotatable bonds is 4. The fraction of sp³-hybridized carbons (Fsp3) is 0.375. The Bertz CT molecular complexity index is 639. The number of ether oxygens (including phenoxy) is 1. The van der Waals surface area contributed by atoms with E-state index in [0.29, 0.717) is 38.4 Å². The van der Waals surface area contributed by atoms with Crippen LogP contribution in [0.2, 0.25) is 0 Å². The number of benzene rings is 1. The zero-order chi connectivity index (χ0) is 15.4. The molecule has 0 atom stereocenters. The van der Waals surface area contributed by atoms with Crippen molar-refractivity contribution in [1.82, 2.24) is 9.78 Å². The molecule has 2 aromatic rings. The average molecular weight is 337 g/mol. The number of nitrogens with zero attached hydrogens (tertiary/aromatic N) is 2. The van der Waals surface area contributed by atoms with Gasteiger partial charge in [-0.05, 0) is 25.0 Å². The number of para-hydroxylation sites is 1. The molecule has 1 aromatic carbocycles. The molecule has 6 nitrogen and oxygen atoms in total. The van der Waals surface area contributed by atoms with Gasteiger partial charge in [0.15, 0.2) is 5.82 Å². The van der Waals surface area contributed by atoms with Crippen molar-refractivity contribution >= 4 is 24.1 Å². The summed E-state index contributed by atoms with van der Waals surface area (Å²) in [4.78, 5) is 12.6. The molecule has 0 bridgehead atoms. The third-order valence-electron chi connectivity index (χ3n) is 4.17. The molecule has 0 unspecified atom stereocenters. The minimum atomic E-state index is -0.547. The lowest BCUT2D eigenvalue weighted by atomic mass is 9.79. The number of nitrogens with one attached hydrogen (secondary N) is 1. The third kappa shape index (κ3) is 3.72. The highest BCUT2D eigenvalue weighted by Crippen LogP contribution is 2.30. The molecule has 3 N–H and O–H groups in total. The number of anilines is 1. The first kappa shape index (κ1) is 17.5. The van der Waals surface area contributed by atoms with Crippen LogP contribution in [0.4, 0.5) is 5.82 Å². The van der Waals surface area contributed by atoms with Crippen molar-refractivity contribution in [2.45, 2.75) is 12.8 Å². The van der Waals surface area contributed by atoms with Gasteiger partial charge in [0.05, 0.1) is 11.1 Å². The van der Waals surface area contributed by atoms with E-state index in [-0.39, 0.29) is 18.3 Å². The van der Waals surface area contributed by atoms with E-state index in [1.54, 1.807) is 10.7 Å². The van der Waals surface area contributed by atoms with E-state index in [1.165, 1.54) is 0 Å². The summed E-state index contributed by atoms with van der Waals surface area (Å²) >= 11 is 0.